The van der Waals surface area contributed by atoms with E-state index in [4.69, 9.17) is 9.84 Å². The third-order valence-electron chi connectivity index (χ3n) is 2.21. The lowest BCUT2D eigenvalue weighted by Crippen LogP contribution is -2.39. The second-order valence-electron chi connectivity index (χ2n) is 3.99. The van der Waals surface area contributed by atoms with Crippen LogP contribution in [0.5, 0.6) is 0 Å². The average Bonchev–Trinajstić information content (AvgIpc) is 2.24. The van der Waals surface area contributed by atoms with Crippen LogP contribution in [-0.4, -0.2) is 29.8 Å². The molecule has 1 amide bonds. The van der Waals surface area contributed by atoms with E-state index in [9.17, 15) is 9.59 Å². The van der Waals surface area contributed by atoms with Crippen LogP contribution in [-0.2, 0) is 9.53 Å². The van der Waals surface area contributed by atoms with Gasteiger partial charge in [0, 0.05) is 11.6 Å². The number of hydrogen-bond acceptors (Lipinski definition) is 3. The van der Waals surface area contributed by atoms with Crippen LogP contribution < -0.4 is 5.32 Å². The highest BCUT2D eigenvalue weighted by Gasteiger charge is 2.20. The van der Waals surface area contributed by atoms with Crippen LogP contribution in [0.2, 0.25) is 0 Å². The molecular weight excluding hydrogens is 222 g/mol. The summed E-state index contributed by atoms with van der Waals surface area (Å²) >= 11 is 0. The summed E-state index contributed by atoms with van der Waals surface area (Å²) in [5, 5.41) is 11.3. The molecule has 0 rings (SSSR count). The minimum Gasteiger partial charge on any atom is -0.478 e. The number of hydrogen-bond donors (Lipinski definition) is 2. The molecule has 0 aliphatic rings. The first kappa shape index (κ1) is 15.2. The Kier molecular flexibility index (Phi) is 6.70. The van der Waals surface area contributed by atoms with Crippen molar-refractivity contribution in [2.45, 2.75) is 26.3 Å². The van der Waals surface area contributed by atoms with Gasteiger partial charge in [-0.05, 0) is 12.3 Å². The van der Waals surface area contributed by atoms with Gasteiger partial charge in [0.1, 0.15) is 6.61 Å². The van der Waals surface area contributed by atoms with E-state index in [1.807, 2.05) is 13.8 Å². The first-order chi connectivity index (χ1) is 7.88. The molecule has 0 aromatic rings. The lowest BCUT2D eigenvalue weighted by atomic mass is 9.97. The van der Waals surface area contributed by atoms with Crippen LogP contribution in [0.1, 0.15) is 20.3 Å². The van der Waals surface area contributed by atoms with E-state index in [0.29, 0.717) is 0 Å². The number of amides is 1. The molecule has 5 heteroatoms. The fourth-order valence-corrected chi connectivity index (χ4v) is 1.13. The van der Waals surface area contributed by atoms with Crippen molar-refractivity contribution < 1.29 is 19.4 Å². The number of alkyl carbamates (subject to hydrolysis) is 1. The summed E-state index contributed by atoms with van der Waals surface area (Å²) in [6.07, 6.45) is 1.07. The smallest absolute Gasteiger partial charge is 0.407 e. The van der Waals surface area contributed by atoms with Crippen molar-refractivity contribution in [3.63, 3.8) is 0 Å². The summed E-state index contributed by atoms with van der Waals surface area (Å²) in [6, 6.07) is -0.309. The van der Waals surface area contributed by atoms with Crippen molar-refractivity contribution in [1.82, 2.24) is 5.32 Å². The Labute approximate surface area is 101 Å². The van der Waals surface area contributed by atoms with Gasteiger partial charge < -0.3 is 15.2 Å². The first-order valence-corrected chi connectivity index (χ1v) is 5.33. The monoisotopic (exact) mass is 241 g/mol. The topological polar surface area (TPSA) is 75.6 Å². The van der Waals surface area contributed by atoms with Crippen LogP contribution in [0.3, 0.4) is 0 Å². The van der Waals surface area contributed by atoms with E-state index in [-0.39, 0.29) is 30.6 Å². The van der Waals surface area contributed by atoms with Crippen LogP contribution in [0.4, 0.5) is 4.79 Å². The fourth-order valence-electron chi connectivity index (χ4n) is 1.13. The Balaban J connectivity index is 4.34. The van der Waals surface area contributed by atoms with Gasteiger partial charge in [0.05, 0.1) is 0 Å². The Hall–Kier alpha value is -1.78. The Morgan fingerprint density at radius 2 is 2.06 bits per heavy atom. The average molecular weight is 241 g/mol. The Bertz CT molecular complexity index is 310. The normalized spacial score (nSPS) is 11.7. The molecule has 17 heavy (non-hydrogen) atoms. The highest BCUT2D eigenvalue weighted by atomic mass is 16.5. The van der Waals surface area contributed by atoms with E-state index in [1.165, 1.54) is 6.08 Å². The number of nitrogens with one attached hydrogen (secondary N) is 1. The minimum absolute atomic E-state index is 0.0627. The number of carboxylic acid groups (broad SMARTS) is 1. The lowest BCUT2D eigenvalue weighted by molar-refractivity contribution is -0.132. The van der Waals surface area contributed by atoms with E-state index in [2.05, 4.69) is 18.5 Å². The molecule has 0 spiro atoms. The maximum Gasteiger partial charge on any atom is 0.407 e. The minimum atomic E-state index is -1.06. The third kappa shape index (κ3) is 6.40. The first-order valence-electron chi connectivity index (χ1n) is 5.33. The molecule has 1 atom stereocenters. The second-order valence-corrected chi connectivity index (χ2v) is 3.99. The van der Waals surface area contributed by atoms with E-state index in [1.54, 1.807) is 0 Å². The van der Waals surface area contributed by atoms with Gasteiger partial charge in [0.2, 0.25) is 0 Å². The summed E-state index contributed by atoms with van der Waals surface area (Å²) in [5.74, 6) is -0.973. The van der Waals surface area contributed by atoms with Crippen LogP contribution >= 0.6 is 0 Å². The summed E-state index contributed by atoms with van der Waals surface area (Å²) in [6.45, 7) is 10.7. The summed E-state index contributed by atoms with van der Waals surface area (Å²) in [5.41, 5.74) is 0.0627. The molecule has 2 N–H and O–H groups in total. The van der Waals surface area contributed by atoms with Gasteiger partial charge >= 0.3 is 12.1 Å². The maximum atomic E-state index is 11.3. The molecule has 0 fully saturated rings. The molecule has 0 radical (unpaired) electrons. The molecule has 0 aromatic carbocycles. The van der Waals surface area contributed by atoms with Gasteiger partial charge in [0.25, 0.3) is 0 Å². The SMILES string of the molecule is C=CCOC(=O)N[C@@H](CC(=C)C(=O)O)C(C)C. The predicted molar refractivity (Wildman–Crippen MR) is 64.7 cm³/mol. The van der Waals surface area contributed by atoms with Crippen molar-refractivity contribution in [2.75, 3.05) is 6.61 Å². The molecular formula is C12H19NO4. The Morgan fingerprint density at radius 3 is 2.47 bits per heavy atom. The van der Waals surface area contributed by atoms with Gasteiger partial charge in [-0.25, -0.2) is 9.59 Å². The van der Waals surface area contributed by atoms with Crippen molar-refractivity contribution in [1.29, 1.82) is 0 Å². The molecule has 0 aliphatic carbocycles. The number of carbonyl (C=O) groups excluding carboxylic acids is 1. The third-order valence-corrected chi connectivity index (χ3v) is 2.21. The van der Waals surface area contributed by atoms with Crippen molar-refractivity contribution >= 4 is 12.1 Å². The van der Waals surface area contributed by atoms with E-state index >= 15 is 0 Å². The summed E-state index contributed by atoms with van der Waals surface area (Å²) < 4.78 is 4.77. The highest BCUT2D eigenvalue weighted by molar-refractivity contribution is 5.85. The van der Waals surface area contributed by atoms with Gasteiger partial charge in [-0.3, -0.25) is 0 Å². The largest absolute Gasteiger partial charge is 0.478 e. The molecule has 0 heterocycles. The second kappa shape index (κ2) is 7.49. The number of carbonyl (C=O) groups is 2. The molecule has 0 aromatic heterocycles. The molecule has 96 valence electrons. The van der Waals surface area contributed by atoms with Gasteiger partial charge in [-0.2, -0.15) is 0 Å². The van der Waals surface area contributed by atoms with Gasteiger partial charge in [0.15, 0.2) is 0 Å². The standard InChI is InChI=1S/C12H19NO4/c1-5-6-17-12(16)13-10(8(2)3)7-9(4)11(14)15/h5,8,10H,1,4,6-7H2,2-3H3,(H,13,16)(H,14,15)/t10-/m0/s1. The van der Waals surface area contributed by atoms with Gasteiger partial charge in [-0.15, -0.1) is 0 Å². The molecule has 0 saturated heterocycles. The maximum absolute atomic E-state index is 11.3. The summed E-state index contributed by atoms with van der Waals surface area (Å²) in [4.78, 5) is 22.0. The van der Waals surface area contributed by atoms with Gasteiger partial charge in [-0.1, -0.05) is 33.1 Å². The van der Waals surface area contributed by atoms with Crippen molar-refractivity contribution in [2.24, 2.45) is 5.92 Å². The number of carboxylic acids is 1. The van der Waals surface area contributed by atoms with Crippen molar-refractivity contribution in [3.8, 4) is 0 Å². The predicted octanol–water partition coefficient (Wildman–Crippen LogP) is 1.95. The number of ether oxygens (including phenoxy) is 1. The molecule has 0 aliphatic heterocycles. The quantitative estimate of drug-likeness (QED) is 0.527. The van der Waals surface area contributed by atoms with E-state index < -0.39 is 12.1 Å². The zero-order chi connectivity index (χ0) is 13.4. The Morgan fingerprint density at radius 1 is 1.47 bits per heavy atom. The molecule has 0 unspecified atom stereocenters. The molecule has 0 bridgehead atoms. The fraction of sp³-hybridized carbons (Fsp3) is 0.500. The zero-order valence-corrected chi connectivity index (χ0v) is 10.2. The van der Waals surface area contributed by atoms with Crippen LogP contribution in [0.25, 0.3) is 0 Å². The van der Waals surface area contributed by atoms with Crippen molar-refractivity contribution in [3.05, 3.63) is 24.8 Å². The molecule has 5 nitrogen and oxygen atoms in total. The lowest BCUT2D eigenvalue weighted by Gasteiger charge is -2.21. The highest BCUT2D eigenvalue weighted by Crippen LogP contribution is 2.12. The molecule has 0 saturated carbocycles. The number of aliphatic carboxylic acids is 1. The zero-order valence-electron chi connectivity index (χ0n) is 10.2. The number of rotatable bonds is 7. The van der Waals surface area contributed by atoms with Crippen LogP contribution in [0.15, 0.2) is 24.8 Å². The van der Waals surface area contributed by atoms with Crippen LogP contribution in [0, 0.1) is 5.92 Å². The summed E-state index contributed by atoms with van der Waals surface area (Å²) in [7, 11) is 0. The van der Waals surface area contributed by atoms with E-state index in [0.717, 1.165) is 0 Å².